The first-order valence-electron chi connectivity index (χ1n) is 4.97. The highest BCUT2D eigenvalue weighted by Gasteiger charge is 1.99. The number of nitrogens with two attached hydrogens (primary N) is 1. The molecule has 2 rings (SSSR count). The van der Waals surface area contributed by atoms with Crippen molar-refractivity contribution in [2.75, 3.05) is 5.32 Å². The highest BCUT2D eigenvalue weighted by Crippen LogP contribution is 2.16. The van der Waals surface area contributed by atoms with Crippen LogP contribution in [0, 0.1) is 0 Å². The standard InChI is InChI=1S/C13H12N2O/c14-13(16)10-6-8-12(9-7-10)15-11-4-2-1-3-5-11/h1-9,15H,(H2,14,16). The Kier molecular flexibility index (Phi) is 2.87. The van der Waals surface area contributed by atoms with Crippen molar-refractivity contribution in [2.45, 2.75) is 0 Å². The fraction of sp³-hybridized carbons (Fsp3) is 0. The topological polar surface area (TPSA) is 55.1 Å². The molecule has 3 heteroatoms. The molecule has 0 spiro atoms. The van der Waals surface area contributed by atoms with E-state index < -0.39 is 5.91 Å². The van der Waals surface area contributed by atoms with Crippen LogP contribution in [0.3, 0.4) is 0 Å². The summed E-state index contributed by atoms with van der Waals surface area (Å²) in [4.78, 5) is 10.9. The Bertz CT molecular complexity index is 477. The molecule has 0 fully saturated rings. The van der Waals surface area contributed by atoms with Gasteiger partial charge in [0.2, 0.25) is 5.91 Å². The largest absolute Gasteiger partial charge is 0.366 e. The molecule has 80 valence electrons. The molecular weight excluding hydrogens is 200 g/mol. The van der Waals surface area contributed by atoms with Crippen molar-refractivity contribution in [3.05, 3.63) is 60.2 Å². The molecule has 3 N–H and O–H groups in total. The second-order valence-electron chi connectivity index (χ2n) is 3.43. The summed E-state index contributed by atoms with van der Waals surface area (Å²) in [6.07, 6.45) is 0. The third kappa shape index (κ3) is 2.39. The summed E-state index contributed by atoms with van der Waals surface area (Å²) < 4.78 is 0. The molecule has 0 aliphatic carbocycles. The molecule has 0 aromatic heterocycles. The zero-order chi connectivity index (χ0) is 11.4. The Balaban J connectivity index is 2.14. The fourth-order valence-corrected chi connectivity index (χ4v) is 1.41. The molecule has 2 aromatic carbocycles. The van der Waals surface area contributed by atoms with Crippen molar-refractivity contribution < 1.29 is 4.79 Å². The van der Waals surface area contributed by atoms with E-state index in [0.29, 0.717) is 5.56 Å². The van der Waals surface area contributed by atoms with Crippen LogP contribution in [0.25, 0.3) is 0 Å². The van der Waals surface area contributed by atoms with Crippen LogP contribution in [0.2, 0.25) is 0 Å². The van der Waals surface area contributed by atoms with Crippen LogP contribution in [-0.2, 0) is 0 Å². The molecule has 2 aromatic rings. The lowest BCUT2D eigenvalue weighted by Gasteiger charge is -2.06. The van der Waals surface area contributed by atoms with Gasteiger partial charge in [-0.25, -0.2) is 0 Å². The van der Waals surface area contributed by atoms with Crippen LogP contribution in [0.15, 0.2) is 54.6 Å². The molecule has 0 saturated carbocycles. The Morgan fingerprint density at radius 3 is 2.00 bits per heavy atom. The molecule has 0 heterocycles. The number of carbonyl (C=O) groups is 1. The van der Waals surface area contributed by atoms with Crippen LogP contribution in [0.4, 0.5) is 11.4 Å². The van der Waals surface area contributed by atoms with Gasteiger partial charge in [0.25, 0.3) is 0 Å². The minimum atomic E-state index is -0.411. The van der Waals surface area contributed by atoms with Gasteiger partial charge in [0, 0.05) is 16.9 Å². The normalized spacial score (nSPS) is 9.75. The lowest BCUT2D eigenvalue weighted by molar-refractivity contribution is 0.100. The molecular formula is C13H12N2O. The predicted octanol–water partition coefficient (Wildman–Crippen LogP) is 2.53. The van der Waals surface area contributed by atoms with Crippen molar-refractivity contribution in [1.29, 1.82) is 0 Å². The van der Waals surface area contributed by atoms with Gasteiger partial charge in [-0.15, -0.1) is 0 Å². The van der Waals surface area contributed by atoms with Crippen molar-refractivity contribution in [3.63, 3.8) is 0 Å². The second kappa shape index (κ2) is 4.49. The average molecular weight is 212 g/mol. The maximum atomic E-state index is 10.9. The number of primary amides is 1. The lowest BCUT2D eigenvalue weighted by atomic mass is 10.2. The van der Waals surface area contributed by atoms with Crippen LogP contribution in [0.1, 0.15) is 10.4 Å². The van der Waals surface area contributed by atoms with Crippen LogP contribution < -0.4 is 11.1 Å². The first-order chi connectivity index (χ1) is 7.75. The molecule has 0 radical (unpaired) electrons. The molecule has 0 atom stereocenters. The van der Waals surface area contributed by atoms with E-state index in [9.17, 15) is 4.79 Å². The summed E-state index contributed by atoms with van der Waals surface area (Å²) in [6.45, 7) is 0. The van der Waals surface area contributed by atoms with Crippen LogP contribution >= 0.6 is 0 Å². The predicted molar refractivity (Wildman–Crippen MR) is 64.7 cm³/mol. The first kappa shape index (κ1) is 10.2. The van der Waals surface area contributed by atoms with E-state index in [1.807, 2.05) is 42.5 Å². The highest BCUT2D eigenvalue weighted by molar-refractivity contribution is 5.93. The number of rotatable bonds is 3. The van der Waals surface area contributed by atoms with Gasteiger partial charge in [-0.1, -0.05) is 18.2 Å². The zero-order valence-corrected chi connectivity index (χ0v) is 8.68. The lowest BCUT2D eigenvalue weighted by Crippen LogP contribution is -2.10. The fourth-order valence-electron chi connectivity index (χ4n) is 1.41. The van der Waals surface area contributed by atoms with E-state index in [0.717, 1.165) is 11.4 Å². The van der Waals surface area contributed by atoms with E-state index in [1.54, 1.807) is 12.1 Å². The molecule has 0 unspecified atom stereocenters. The van der Waals surface area contributed by atoms with Crippen molar-refractivity contribution >= 4 is 17.3 Å². The Morgan fingerprint density at radius 1 is 0.875 bits per heavy atom. The Hall–Kier alpha value is -2.29. The van der Waals surface area contributed by atoms with E-state index in [2.05, 4.69) is 5.32 Å². The summed E-state index contributed by atoms with van der Waals surface area (Å²) in [5, 5.41) is 3.22. The highest BCUT2D eigenvalue weighted by atomic mass is 16.1. The number of hydrogen-bond acceptors (Lipinski definition) is 2. The summed E-state index contributed by atoms with van der Waals surface area (Å²) in [6, 6.07) is 16.9. The monoisotopic (exact) mass is 212 g/mol. The molecule has 1 amide bonds. The molecule has 3 nitrogen and oxygen atoms in total. The maximum Gasteiger partial charge on any atom is 0.248 e. The number of anilines is 2. The molecule has 0 aliphatic heterocycles. The van der Waals surface area contributed by atoms with E-state index in [-0.39, 0.29) is 0 Å². The van der Waals surface area contributed by atoms with Crippen LogP contribution in [-0.4, -0.2) is 5.91 Å². The van der Waals surface area contributed by atoms with Gasteiger partial charge in [-0.05, 0) is 36.4 Å². The average Bonchev–Trinajstić information content (AvgIpc) is 2.31. The summed E-state index contributed by atoms with van der Waals surface area (Å²) in [5.41, 5.74) is 7.61. The van der Waals surface area contributed by atoms with Gasteiger partial charge in [0.1, 0.15) is 0 Å². The summed E-state index contributed by atoms with van der Waals surface area (Å²) >= 11 is 0. The van der Waals surface area contributed by atoms with E-state index in [1.165, 1.54) is 0 Å². The Labute approximate surface area is 93.9 Å². The maximum absolute atomic E-state index is 10.9. The van der Waals surface area contributed by atoms with Crippen molar-refractivity contribution in [2.24, 2.45) is 5.73 Å². The number of nitrogens with one attached hydrogen (secondary N) is 1. The van der Waals surface area contributed by atoms with Gasteiger partial charge < -0.3 is 11.1 Å². The SMILES string of the molecule is NC(=O)c1ccc(Nc2ccccc2)cc1. The smallest absolute Gasteiger partial charge is 0.248 e. The molecule has 0 saturated heterocycles. The van der Waals surface area contributed by atoms with Crippen molar-refractivity contribution in [1.82, 2.24) is 0 Å². The van der Waals surface area contributed by atoms with Gasteiger partial charge in [0.05, 0.1) is 0 Å². The number of amides is 1. The van der Waals surface area contributed by atoms with Gasteiger partial charge in [0.15, 0.2) is 0 Å². The number of benzene rings is 2. The Morgan fingerprint density at radius 2 is 1.44 bits per heavy atom. The van der Waals surface area contributed by atoms with E-state index in [4.69, 9.17) is 5.73 Å². The third-order valence-electron chi connectivity index (χ3n) is 2.23. The van der Waals surface area contributed by atoms with E-state index >= 15 is 0 Å². The third-order valence-corrected chi connectivity index (χ3v) is 2.23. The number of hydrogen-bond donors (Lipinski definition) is 2. The van der Waals surface area contributed by atoms with Gasteiger partial charge in [-0.2, -0.15) is 0 Å². The minimum Gasteiger partial charge on any atom is -0.366 e. The van der Waals surface area contributed by atoms with Crippen LogP contribution in [0.5, 0.6) is 0 Å². The van der Waals surface area contributed by atoms with Gasteiger partial charge >= 0.3 is 0 Å². The van der Waals surface area contributed by atoms with Gasteiger partial charge in [-0.3, -0.25) is 4.79 Å². The summed E-state index contributed by atoms with van der Waals surface area (Å²) in [7, 11) is 0. The van der Waals surface area contributed by atoms with Crippen molar-refractivity contribution in [3.8, 4) is 0 Å². The molecule has 0 aliphatic rings. The quantitative estimate of drug-likeness (QED) is 0.821. The zero-order valence-electron chi connectivity index (χ0n) is 8.68. The summed E-state index contributed by atoms with van der Waals surface area (Å²) in [5.74, 6) is -0.411. The number of carbonyl (C=O) groups excluding carboxylic acids is 1. The number of para-hydroxylation sites is 1. The minimum absolute atomic E-state index is 0.411. The second-order valence-corrected chi connectivity index (χ2v) is 3.43. The molecule has 16 heavy (non-hydrogen) atoms. The molecule has 0 bridgehead atoms. The first-order valence-corrected chi connectivity index (χ1v) is 4.97.